The number of rotatable bonds is 3. The lowest BCUT2D eigenvalue weighted by Gasteiger charge is -1.97. The van der Waals surface area contributed by atoms with Crippen molar-refractivity contribution in [3.05, 3.63) is 22.0 Å². The molecule has 6 heteroatoms. The van der Waals surface area contributed by atoms with Gasteiger partial charge in [-0.25, -0.2) is 0 Å². The number of carbonyl (C=O) groups is 1. The molecule has 70 valence electrons. The largest absolute Gasteiger partial charge is 0.310 e. The molecular formula is C7H9N3O3. The van der Waals surface area contributed by atoms with Crippen LogP contribution in [0.2, 0.25) is 0 Å². The predicted octanol–water partition coefficient (Wildman–Crippen LogP) is 0.460. The molecule has 0 spiro atoms. The van der Waals surface area contributed by atoms with Gasteiger partial charge in [0.1, 0.15) is 17.7 Å². The first-order chi connectivity index (χ1) is 6.02. The van der Waals surface area contributed by atoms with Crippen LogP contribution in [0.3, 0.4) is 0 Å². The zero-order chi connectivity index (χ0) is 10.0. The van der Waals surface area contributed by atoms with E-state index in [2.05, 4.69) is 5.10 Å². The minimum absolute atomic E-state index is 0.0484. The molecule has 0 amide bonds. The average Bonchev–Trinajstić information content (AvgIpc) is 2.32. The highest BCUT2D eigenvalue weighted by atomic mass is 16.6. The predicted molar refractivity (Wildman–Crippen MR) is 44.2 cm³/mol. The molecule has 0 aliphatic carbocycles. The van der Waals surface area contributed by atoms with Gasteiger partial charge in [0, 0.05) is 7.05 Å². The van der Waals surface area contributed by atoms with E-state index < -0.39 is 4.92 Å². The zero-order valence-corrected chi connectivity index (χ0v) is 7.35. The summed E-state index contributed by atoms with van der Waals surface area (Å²) in [6.07, 6.45) is 1.20. The van der Waals surface area contributed by atoms with Crippen LogP contribution in [0.1, 0.15) is 12.6 Å². The molecule has 1 aromatic rings. The van der Waals surface area contributed by atoms with Crippen LogP contribution in [0, 0.1) is 10.1 Å². The first kappa shape index (κ1) is 9.37. The van der Waals surface area contributed by atoms with Crippen LogP contribution in [-0.4, -0.2) is 20.5 Å². The van der Waals surface area contributed by atoms with Gasteiger partial charge in [0.25, 0.3) is 0 Å². The summed E-state index contributed by atoms with van der Waals surface area (Å²) in [4.78, 5) is 20.7. The standard InChI is InChI=1S/C7H9N3O3/c1-5(11)3-6-7(10(12)13)4-8-9(6)2/h4H,3H2,1-2H3. The van der Waals surface area contributed by atoms with Crippen molar-refractivity contribution in [2.45, 2.75) is 13.3 Å². The molecule has 0 aliphatic rings. The highest BCUT2D eigenvalue weighted by Gasteiger charge is 2.19. The smallest absolute Gasteiger partial charge is 0.300 e. The highest BCUT2D eigenvalue weighted by Crippen LogP contribution is 2.17. The number of hydrogen-bond acceptors (Lipinski definition) is 4. The fourth-order valence-corrected chi connectivity index (χ4v) is 1.04. The van der Waals surface area contributed by atoms with Gasteiger partial charge in [-0.3, -0.25) is 19.6 Å². The van der Waals surface area contributed by atoms with Crippen molar-refractivity contribution in [3.8, 4) is 0 Å². The minimum atomic E-state index is -0.536. The van der Waals surface area contributed by atoms with Gasteiger partial charge in [-0.2, -0.15) is 5.10 Å². The van der Waals surface area contributed by atoms with Crippen molar-refractivity contribution in [2.75, 3.05) is 0 Å². The maximum atomic E-state index is 10.8. The average molecular weight is 183 g/mol. The normalized spacial score (nSPS) is 10.0. The molecule has 1 aromatic heterocycles. The third-order valence-electron chi connectivity index (χ3n) is 1.65. The van der Waals surface area contributed by atoms with Crippen molar-refractivity contribution in [3.63, 3.8) is 0 Å². The van der Waals surface area contributed by atoms with Crippen LogP contribution in [0.15, 0.2) is 6.20 Å². The van der Waals surface area contributed by atoms with Crippen LogP contribution >= 0.6 is 0 Å². The SMILES string of the molecule is CC(=O)Cc1c([N+](=O)[O-])cnn1C. The number of nitro groups is 1. The van der Waals surface area contributed by atoms with Gasteiger partial charge < -0.3 is 0 Å². The Morgan fingerprint density at radius 3 is 2.85 bits per heavy atom. The molecule has 0 saturated heterocycles. The molecule has 0 aromatic carbocycles. The Kier molecular flexibility index (Phi) is 2.41. The van der Waals surface area contributed by atoms with Gasteiger partial charge in [0.15, 0.2) is 0 Å². The van der Waals surface area contributed by atoms with E-state index in [0.29, 0.717) is 5.69 Å². The van der Waals surface area contributed by atoms with Gasteiger partial charge in [0.2, 0.25) is 0 Å². The first-order valence-electron chi connectivity index (χ1n) is 3.67. The summed E-state index contributed by atoms with van der Waals surface area (Å²) in [5, 5.41) is 14.2. The maximum absolute atomic E-state index is 10.8. The van der Waals surface area contributed by atoms with Crippen LogP contribution in [0.4, 0.5) is 5.69 Å². The van der Waals surface area contributed by atoms with Gasteiger partial charge in [-0.15, -0.1) is 0 Å². The molecule has 1 rings (SSSR count). The Morgan fingerprint density at radius 1 is 1.77 bits per heavy atom. The van der Waals surface area contributed by atoms with E-state index >= 15 is 0 Å². The van der Waals surface area contributed by atoms with E-state index in [0.717, 1.165) is 6.20 Å². The van der Waals surface area contributed by atoms with Gasteiger partial charge >= 0.3 is 5.69 Å². The van der Waals surface area contributed by atoms with Gasteiger partial charge in [-0.1, -0.05) is 0 Å². The van der Waals surface area contributed by atoms with E-state index in [1.54, 1.807) is 7.05 Å². The number of aryl methyl sites for hydroxylation is 1. The molecule has 0 aliphatic heterocycles. The summed E-state index contributed by atoms with van der Waals surface area (Å²) in [5.74, 6) is -0.119. The monoisotopic (exact) mass is 183 g/mol. The Morgan fingerprint density at radius 2 is 2.38 bits per heavy atom. The van der Waals surface area contributed by atoms with E-state index in [4.69, 9.17) is 0 Å². The Bertz CT molecular complexity index is 356. The Balaban J connectivity index is 3.08. The van der Waals surface area contributed by atoms with E-state index in [1.165, 1.54) is 11.6 Å². The first-order valence-corrected chi connectivity index (χ1v) is 3.67. The molecule has 0 atom stereocenters. The van der Waals surface area contributed by atoms with E-state index in [9.17, 15) is 14.9 Å². The number of aromatic nitrogens is 2. The lowest BCUT2D eigenvalue weighted by molar-refractivity contribution is -0.385. The van der Waals surface area contributed by atoms with Gasteiger partial charge in [0.05, 0.1) is 11.3 Å². The quantitative estimate of drug-likeness (QED) is 0.503. The van der Waals surface area contributed by atoms with Crippen molar-refractivity contribution in [1.82, 2.24) is 9.78 Å². The summed E-state index contributed by atoms with van der Waals surface area (Å²) in [6, 6.07) is 0. The van der Waals surface area contributed by atoms with Crippen molar-refractivity contribution in [1.29, 1.82) is 0 Å². The topological polar surface area (TPSA) is 78.0 Å². The molecule has 0 bridgehead atoms. The molecule has 1 heterocycles. The fourth-order valence-electron chi connectivity index (χ4n) is 1.04. The Hall–Kier alpha value is -1.72. The molecule has 0 radical (unpaired) electrons. The summed E-state index contributed by atoms with van der Waals surface area (Å²) >= 11 is 0. The van der Waals surface area contributed by atoms with E-state index in [-0.39, 0.29) is 17.9 Å². The van der Waals surface area contributed by atoms with Crippen molar-refractivity contribution in [2.24, 2.45) is 7.05 Å². The summed E-state index contributed by atoms with van der Waals surface area (Å²) in [6.45, 7) is 1.39. The van der Waals surface area contributed by atoms with Crippen molar-refractivity contribution >= 4 is 11.5 Å². The molecule has 13 heavy (non-hydrogen) atoms. The van der Waals surface area contributed by atoms with Crippen molar-refractivity contribution < 1.29 is 9.72 Å². The molecule has 0 saturated carbocycles. The number of nitrogens with zero attached hydrogens (tertiary/aromatic N) is 3. The lowest BCUT2D eigenvalue weighted by atomic mass is 10.2. The summed E-state index contributed by atoms with van der Waals surface area (Å²) in [7, 11) is 1.57. The number of ketones is 1. The zero-order valence-electron chi connectivity index (χ0n) is 7.35. The molecule has 0 fully saturated rings. The Labute approximate surface area is 74.3 Å². The molecule has 0 N–H and O–H groups in total. The van der Waals surface area contributed by atoms with Crippen LogP contribution in [-0.2, 0) is 18.3 Å². The highest BCUT2D eigenvalue weighted by molar-refractivity contribution is 5.78. The minimum Gasteiger partial charge on any atom is -0.300 e. The summed E-state index contributed by atoms with van der Waals surface area (Å²) < 4.78 is 1.35. The fraction of sp³-hybridized carbons (Fsp3) is 0.429. The lowest BCUT2D eigenvalue weighted by Crippen LogP contribution is -2.06. The maximum Gasteiger partial charge on any atom is 0.310 e. The van der Waals surface area contributed by atoms with Crippen LogP contribution in [0.5, 0.6) is 0 Å². The third kappa shape index (κ3) is 1.90. The second kappa shape index (κ2) is 3.34. The molecule has 0 unspecified atom stereocenters. The molecule has 6 nitrogen and oxygen atoms in total. The van der Waals surface area contributed by atoms with Crippen LogP contribution in [0.25, 0.3) is 0 Å². The van der Waals surface area contributed by atoms with E-state index in [1.807, 2.05) is 0 Å². The number of carbonyl (C=O) groups excluding carboxylic acids is 1. The summed E-state index contributed by atoms with van der Waals surface area (Å²) in [5.41, 5.74) is 0.246. The van der Waals surface area contributed by atoms with Gasteiger partial charge in [-0.05, 0) is 6.92 Å². The number of hydrogen-bond donors (Lipinski definition) is 0. The number of Topliss-reactive ketones (excluding diaryl/α,β-unsaturated/α-hetero) is 1. The molecular weight excluding hydrogens is 174 g/mol. The third-order valence-corrected chi connectivity index (χ3v) is 1.65. The second-order valence-corrected chi connectivity index (χ2v) is 2.74. The van der Waals surface area contributed by atoms with Crippen LogP contribution < -0.4 is 0 Å². The second-order valence-electron chi connectivity index (χ2n) is 2.74.